The van der Waals surface area contributed by atoms with Gasteiger partial charge in [-0.3, -0.25) is 4.79 Å². The van der Waals surface area contributed by atoms with Gasteiger partial charge in [0.15, 0.2) is 0 Å². The van der Waals surface area contributed by atoms with Crippen molar-refractivity contribution in [3.05, 3.63) is 35.9 Å². The van der Waals surface area contributed by atoms with Gasteiger partial charge in [-0.05, 0) is 24.9 Å². The average Bonchev–Trinajstić information content (AvgIpc) is 2.82. The summed E-state index contributed by atoms with van der Waals surface area (Å²) in [5.41, 5.74) is 1.22. The van der Waals surface area contributed by atoms with Gasteiger partial charge in [0.25, 0.3) is 0 Å². The van der Waals surface area contributed by atoms with Crippen LogP contribution in [-0.2, 0) is 16.0 Å². The zero-order valence-corrected chi connectivity index (χ0v) is 10.2. The van der Waals surface area contributed by atoms with Crippen LogP contribution in [0.1, 0.15) is 25.3 Å². The Bertz CT molecular complexity index is 358. The second-order valence-electron chi connectivity index (χ2n) is 4.54. The largest absolute Gasteiger partial charge is 0.461 e. The Morgan fingerprint density at radius 1 is 1.47 bits per heavy atom. The summed E-state index contributed by atoms with van der Waals surface area (Å²) in [5, 5.41) is 3.41. The van der Waals surface area contributed by atoms with Crippen LogP contribution in [0.4, 0.5) is 0 Å². The highest BCUT2D eigenvalue weighted by Gasteiger charge is 2.26. The van der Waals surface area contributed by atoms with Crippen molar-refractivity contribution in [2.45, 2.75) is 38.3 Å². The third-order valence-corrected chi connectivity index (χ3v) is 3.14. The topological polar surface area (TPSA) is 38.3 Å². The number of hydrogen-bond acceptors (Lipinski definition) is 3. The van der Waals surface area contributed by atoms with E-state index in [1.807, 2.05) is 18.2 Å². The van der Waals surface area contributed by atoms with Crippen LogP contribution in [0.5, 0.6) is 0 Å². The van der Waals surface area contributed by atoms with Gasteiger partial charge >= 0.3 is 5.97 Å². The van der Waals surface area contributed by atoms with E-state index in [1.165, 1.54) is 12.5 Å². The van der Waals surface area contributed by atoms with Crippen molar-refractivity contribution in [3.63, 3.8) is 0 Å². The molecular weight excluding hydrogens is 214 g/mol. The minimum atomic E-state index is -0.195. The molecule has 0 saturated carbocycles. The van der Waals surface area contributed by atoms with Crippen LogP contribution in [0.25, 0.3) is 0 Å². The summed E-state index contributed by atoms with van der Waals surface area (Å²) in [5.74, 6) is -0.195. The fourth-order valence-corrected chi connectivity index (χ4v) is 2.35. The molecule has 0 aromatic heterocycles. The number of esters is 1. The summed E-state index contributed by atoms with van der Waals surface area (Å²) >= 11 is 0. The predicted octanol–water partition coefficient (Wildman–Crippen LogP) is 1.91. The molecule has 1 aliphatic heterocycles. The number of carbonyl (C=O) groups is 1. The SMILES string of the molecule is CC(=O)OC(Cc1ccccc1)C1CCCN1. The third kappa shape index (κ3) is 3.56. The highest BCUT2D eigenvalue weighted by atomic mass is 16.5. The molecule has 1 saturated heterocycles. The van der Waals surface area contributed by atoms with Crippen molar-refractivity contribution in [3.8, 4) is 0 Å². The molecule has 1 N–H and O–H groups in total. The van der Waals surface area contributed by atoms with Crippen LogP contribution < -0.4 is 5.32 Å². The van der Waals surface area contributed by atoms with Crippen molar-refractivity contribution in [2.75, 3.05) is 6.54 Å². The minimum Gasteiger partial charge on any atom is -0.461 e. The van der Waals surface area contributed by atoms with Crippen molar-refractivity contribution in [1.82, 2.24) is 5.32 Å². The van der Waals surface area contributed by atoms with Gasteiger partial charge in [-0.25, -0.2) is 0 Å². The molecule has 3 heteroatoms. The molecule has 1 aromatic rings. The van der Waals surface area contributed by atoms with Crippen LogP contribution in [0.15, 0.2) is 30.3 Å². The van der Waals surface area contributed by atoms with Gasteiger partial charge in [-0.2, -0.15) is 0 Å². The molecule has 1 fully saturated rings. The Morgan fingerprint density at radius 3 is 2.82 bits per heavy atom. The van der Waals surface area contributed by atoms with Gasteiger partial charge in [-0.1, -0.05) is 30.3 Å². The molecule has 3 nitrogen and oxygen atoms in total. The lowest BCUT2D eigenvalue weighted by Crippen LogP contribution is -2.39. The van der Waals surface area contributed by atoms with Crippen molar-refractivity contribution < 1.29 is 9.53 Å². The Balaban J connectivity index is 2.02. The maximum Gasteiger partial charge on any atom is 0.302 e. The molecule has 0 radical (unpaired) electrons. The van der Waals surface area contributed by atoms with E-state index in [0.29, 0.717) is 6.04 Å². The molecule has 0 spiro atoms. The molecule has 0 amide bonds. The van der Waals surface area contributed by atoms with Crippen LogP contribution >= 0.6 is 0 Å². The molecule has 2 atom stereocenters. The van der Waals surface area contributed by atoms with Gasteiger partial charge in [0.2, 0.25) is 0 Å². The number of carbonyl (C=O) groups excluding carboxylic acids is 1. The number of rotatable bonds is 4. The number of ether oxygens (including phenoxy) is 1. The van der Waals surface area contributed by atoms with E-state index in [-0.39, 0.29) is 12.1 Å². The van der Waals surface area contributed by atoms with E-state index in [9.17, 15) is 4.79 Å². The first-order valence-electron chi connectivity index (χ1n) is 6.20. The van der Waals surface area contributed by atoms with E-state index in [4.69, 9.17) is 4.74 Å². The minimum absolute atomic E-state index is 0.0441. The summed E-state index contributed by atoms with van der Waals surface area (Å²) in [6, 6.07) is 10.5. The first-order valence-corrected chi connectivity index (χ1v) is 6.20. The second kappa shape index (κ2) is 5.82. The third-order valence-electron chi connectivity index (χ3n) is 3.14. The standard InChI is InChI=1S/C14H19NO2/c1-11(16)17-14(13-8-5-9-15-13)10-12-6-3-2-4-7-12/h2-4,6-7,13-15H,5,8-10H2,1H3. The molecular formula is C14H19NO2. The van der Waals surface area contributed by atoms with Crippen molar-refractivity contribution in [1.29, 1.82) is 0 Å². The van der Waals surface area contributed by atoms with Crippen LogP contribution in [-0.4, -0.2) is 24.7 Å². The zero-order valence-electron chi connectivity index (χ0n) is 10.2. The van der Waals surface area contributed by atoms with Gasteiger partial charge in [-0.15, -0.1) is 0 Å². The first kappa shape index (κ1) is 12.1. The van der Waals surface area contributed by atoms with Gasteiger partial charge < -0.3 is 10.1 Å². The monoisotopic (exact) mass is 233 g/mol. The van der Waals surface area contributed by atoms with Crippen LogP contribution in [0, 0.1) is 0 Å². The van der Waals surface area contributed by atoms with Crippen LogP contribution in [0.2, 0.25) is 0 Å². The molecule has 1 aliphatic rings. The first-order chi connectivity index (χ1) is 8.25. The highest BCUT2D eigenvalue weighted by molar-refractivity contribution is 5.66. The normalized spacial score (nSPS) is 21.1. The van der Waals surface area contributed by atoms with Gasteiger partial charge in [0.05, 0.1) is 0 Å². The Labute approximate surface area is 102 Å². The predicted molar refractivity (Wildman–Crippen MR) is 66.7 cm³/mol. The van der Waals surface area contributed by atoms with E-state index in [2.05, 4.69) is 17.4 Å². The summed E-state index contributed by atoms with van der Waals surface area (Å²) in [7, 11) is 0. The molecule has 0 bridgehead atoms. The molecule has 92 valence electrons. The Kier molecular flexibility index (Phi) is 4.15. The van der Waals surface area contributed by atoms with E-state index >= 15 is 0 Å². The van der Waals surface area contributed by atoms with E-state index in [0.717, 1.165) is 25.8 Å². The summed E-state index contributed by atoms with van der Waals surface area (Å²) in [6.45, 7) is 2.50. The highest BCUT2D eigenvalue weighted by Crippen LogP contribution is 2.16. The maximum atomic E-state index is 11.2. The molecule has 0 aliphatic carbocycles. The Hall–Kier alpha value is -1.35. The van der Waals surface area contributed by atoms with E-state index < -0.39 is 0 Å². The fourth-order valence-electron chi connectivity index (χ4n) is 2.35. The average molecular weight is 233 g/mol. The van der Waals surface area contributed by atoms with Crippen molar-refractivity contribution in [2.24, 2.45) is 0 Å². The summed E-state index contributed by atoms with van der Waals surface area (Å²) in [4.78, 5) is 11.2. The number of hydrogen-bond donors (Lipinski definition) is 1. The van der Waals surface area contributed by atoms with Crippen LogP contribution in [0.3, 0.4) is 0 Å². The number of nitrogens with one attached hydrogen (secondary N) is 1. The van der Waals surface area contributed by atoms with Gasteiger partial charge in [0, 0.05) is 19.4 Å². The quantitative estimate of drug-likeness (QED) is 0.807. The smallest absolute Gasteiger partial charge is 0.302 e. The Morgan fingerprint density at radius 2 is 2.24 bits per heavy atom. The summed E-state index contributed by atoms with van der Waals surface area (Å²) in [6.07, 6.45) is 3.00. The second-order valence-corrected chi connectivity index (χ2v) is 4.54. The van der Waals surface area contributed by atoms with Crippen molar-refractivity contribution >= 4 is 5.97 Å². The molecule has 1 heterocycles. The number of benzene rings is 1. The molecule has 2 rings (SSSR count). The lowest BCUT2D eigenvalue weighted by Gasteiger charge is -2.23. The molecule has 1 aromatic carbocycles. The maximum absolute atomic E-state index is 11.2. The fraction of sp³-hybridized carbons (Fsp3) is 0.500. The van der Waals surface area contributed by atoms with Gasteiger partial charge in [0.1, 0.15) is 6.10 Å². The lowest BCUT2D eigenvalue weighted by molar-refractivity contribution is -0.147. The molecule has 17 heavy (non-hydrogen) atoms. The van der Waals surface area contributed by atoms with E-state index in [1.54, 1.807) is 0 Å². The summed E-state index contributed by atoms with van der Waals surface area (Å²) < 4.78 is 5.44. The lowest BCUT2D eigenvalue weighted by atomic mass is 10.0. The zero-order chi connectivity index (χ0) is 12.1. The molecule has 2 unspecified atom stereocenters.